The number of anilines is 2. The molecule has 0 radical (unpaired) electrons. The van der Waals surface area contributed by atoms with Crippen molar-refractivity contribution in [3.05, 3.63) is 64.7 Å². The van der Waals surface area contributed by atoms with Crippen molar-refractivity contribution >= 4 is 30.4 Å². The molecule has 2 heterocycles. The molecular formula is C26H31F2N5O3Si. The van der Waals surface area contributed by atoms with Gasteiger partial charge >= 0.3 is 0 Å². The number of aryl methyl sites for hydroxylation is 1. The number of nitrogens with one attached hydrogen (secondary N) is 1. The zero-order chi connectivity index (χ0) is 26.9. The Balaban J connectivity index is 1.82. The summed E-state index contributed by atoms with van der Waals surface area (Å²) in [6.07, 6.45) is 3.25. The van der Waals surface area contributed by atoms with Crippen molar-refractivity contribution in [3.63, 3.8) is 0 Å². The first kappa shape index (κ1) is 26.4. The van der Waals surface area contributed by atoms with Crippen molar-refractivity contribution in [1.82, 2.24) is 14.3 Å². The fraction of sp³-hybridized carbons (Fsp3) is 0.308. The van der Waals surface area contributed by atoms with E-state index >= 15 is 0 Å². The minimum absolute atomic E-state index is 0.137. The van der Waals surface area contributed by atoms with Crippen LogP contribution in [0.5, 0.6) is 11.5 Å². The molecule has 4 rings (SSSR count). The van der Waals surface area contributed by atoms with Crippen LogP contribution in [0.25, 0.3) is 22.0 Å². The Bertz CT molecular complexity index is 1510. The summed E-state index contributed by atoms with van der Waals surface area (Å²) >= 11 is 0. The molecule has 196 valence electrons. The van der Waals surface area contributed by atoms with Gasteiger partial charge in [0.2, 0.25) is 0 Å². The average molecular weight is 528 g/mol. The summed E-state index contributed by atoms with van der Waals surface area (Å²) in [5.41, 5.74) is 8.44. The van der Waals surface area contributed by atoms with Gasteiger partial charge in [0.1, 0.15) is 18.1 Å². The van der Waals surface area contributed by atoms with Crippen molar-refractivity contribution in [3.8, 4) is 22.6 Å². The molecule has 0 fully saturated rings. The smallest absolute Gasteiger partial charge is 0.276 e. The summed E-state index contributed by atoms with van der Waals surface area (Å²) in [5, 5.41) is 7.96. The SMILES string of the molecule is CNc1ccc(-c2cn(C)c(=O)c3c2cnn3COCC[Si](C)(C)C)c(Oc2ccc(F)cc2F)c1N. The molecule has 2 aromatic carbocycles. The molecule has 8 nitrogen and oxygen atoms in total. The van der Waals surface area contributed by atoms with Crippen molar-refractivity contribution < 1.29 is 18.3 Å². The van der Waals surface area contributed by atoms with Crippen molar-refractivity contribution in [2.24, 2.45) is 7.05 Å². The Morgan fingerprint density at radius 3 is 2.57 bits per heavy atom. The Morgan fingerprint density at radius 2 is 1.89 bits per heavy atom. The second-order valence-electron chi connectivity index (χ2n) is 10.0. The van der Waals surface area contributed by atoms with Gasteiger partial charge in [0, 0.05) is 57.6 Å². The number of nitrogens with two attached hydrogens (primary N) is 1. The molecule has 4 aromatic rings. The number of benzene rings is 2. The summed E-state index contributed by atoms with van der Waals surface area (Å²) in [6, 6.07) is 7.56. The van der Waals surface area contributed by atoms with E-state index in [1.165, 1.54) is 15.3 Å². The van der Waals surface area contributed by atoms with Crippen LogP contribution < -0.4 is 21.3 Å². The van der Waals surface area contributed by atoms with Gasteiger partial charge in [-0.3, -0.25) is 4.79 Å². The van der Waals surface area contributed by atoms with E-state index in [0.717, 1.165) is 18.2 Å². The summed E-state index contributed by atoms with van der Waals surface area (Å²) in [4.78, 5) is 13.1. The normalized spacial score (nSPS) is 11.8. The van der Waals surface area contributed by atoms with Crippen molar-refractivity contribution in [2.75, 3.05) is 24.7 Å². The Hall–Kier alpha value is -3.70. The van der Waals surface area contributed by atoms with Gasteiger partial charge in [-0.25, -0.2) is 13.5 Å². The van der Waals surface area contributed by atoms with Gasteiger partial charge < -0.3 is 25.1 Å². The van der Waals surface area contributed by atoms with E-state index in [1.54, 1.807) is 38.6 Å². The van der Waals surface area contributed by atoms with E-state index in [-0.39, 0.29) is 29.5 Å². The third-order valence-electron chi connectivity index (χ3n) is 6.05. The number of nitrogens with zero attached hydrogens (tertiary/aromatic N) is 3. The van der Waals surface area contributed by atoms with E-state index in [2.05, 4.69) is 30.1 Å². The van der Waals surface area contributed by atoms with E-state index < -0.39 is 19.7 Å². The van der Waals surface area contributed by atoms with Gasteiger partial charge in [-0.1, -0.05) is 19.6 Å². The van der Waals surface area contributed by atoms with Gasteiger partial charge in [0.05, 0.1) is 17.6 Å². The minimum atomic E-state index is -1.26. The fourth-order valence-electron chi connectivity index (χ4n) is 3.95. The van der Waals surface area contributed by atoms with Crippen LogP contribution >= 0.6 is 0 Å². The predicted molar refractivity (Wildman–Crippen MR) is 145 cm³/mol. The van der Waals surface area contributed by atoms with Gasteiger partial charge in [-0.2, -0.15) is 5.10 Å². The molecule has 0 unspecified atom stereocenters. The van der Waals surface area contributed by atoms with Gasteiger partial charge in [0.25, 0.3) is 5.56 Å². The summed E-state index contributed by atoms with van der Waals surface area (Å²) in [6.45, 7) is 7.52. The van der Waals surface area contributed by atoms with E-state index in [1.807, 2.05) is 0 Å². The summed E-state index contributed by atoms with van der Waals surface area (Å²) < 4.78 is 42.7. The number of aromatic nitrogens is 3. The highest BCUT2D eigenvalue weighted by molar-refractivity contribution is 6.76. The lowest BCUT2D eigenvalue weighted by molar-refractivity contribution is 0.0815. The highest BCUT2D eigenvalue weighted by atomic mass is 28.3. The highest BCUT2D eigenvalue weighted by Gasteiger charge is 2.22. The quantitative estimate of drug-likeness (QED) is 0.172. The molecule has 0 aliphatic rings. The Labute approximate surface area is 214 Å². The molecule has 0 amide bonds. The van der Waals surface area contributed by atoms with Crippen molar-refractivity contribution in [1.29, 1.82) is 0 Å². The summed E-state index contributed by atoms with van der Waals surface area (Å²) in [5.74, 6) is -1.61. The number of ether oxygens (including phenoxy) is 2. The van der Waals surface area contributed by atoms with Gasteiger partial charge in [-0.15, -0.1) is 0 Å². The molecule has 0 aliphatic heterocycles. The average Bonchev–Trinajstić information content (AvgIpc) is 3.25. The minimum Gasteiger partial charge on any atom is -0.451 e. The third-order valence-corrected chi connectivity index (χ3v) is 7.75. The van der Waals surface area contributed by atoms with Crippen LogP contribution in [0.4, 0.5) is 20.2 Å². The Kier molecular flexibility index (Phi) is 7.37. The van der Waals surface area contributed by atoms with Gasteiger partial charge in [0.15, 0.2) is 17.3 Å². The van der Waals surface area contributed by atoms with Crippen LogP contribution in [0, 0.1) is 11.6 Å². The number of hydrogen-bond donors (Lipinski definition) is 2. The maximum absolute atomic E-state index is 14.5. The summed E-state index contributed by atoms with van der Waals surface area (Å²) in [7, 11) is 2.07. The molecule has 11 heteroatoms. The van der Waals surface area contributed by atoms with Crippen LogP contribution in [0.3, 0.4) is 0 Å². The van der Waals surface area contributed by atoms with Crippen LogP contribution in [-0.4, -0.2) is 36.1 Å². The molecule has 0 saturated heterocycles. The first-order valence-electron chi connectivity index (χ1n) is 11.9. The molecule has 0 saturated carbocycles. The first-order valence-corrected chi connectivity index (χ1v) is 15.6. The topological polar surface area (TPSA) is 96.3 Å². The molecule has 37 heavy (non-hydrogen) atoms. The predicted octanol–water partition coefficient (Wildman–Crippen LogP) is 5.41. The lowest BCUT2D eigenvalue weighted by Crippen LogP contribution is -2.23. The molecular weight excluding hydrogens is 496 g/mol. The lowest BCUT2D eigenvalue weighted by atomic mass is 10.0. The number of hydrogen-bond acceptors (Lipinski definition) is 6. The molecule has 0 spiro atoms. The molecule has 0 bridgehead atoms. The van der Waals surface area contributed by atoms with Crippen LogP contribution in [0.1, 0.15) is 0 Å². The number of nitrogen functional groups attached to an aromatic ring is 1. The van der Waals surface area contributed by atoms with E-state index in [9.17, 15) is 13.6 Å². The zero-order valence-corrected chi connectivity index (χ0v) is 22.6. The van der Waals surface area contributed by atoms with E-state index in [0.29, 0.717) is 34.3 Å². The lowest BCUT2D eigenvalue weighted by Gasteiger charge is -2.18. The number of halogens is 2. The first-order chi connectivity index (χ1) is 17.5. The second-order valence-corrected chi connectivity index (χ2v) is 15.7. The number of fused-ring (bicyclic) bond motifs is 1. The molecule has 2 aromatic heterocycles. The second kappa shape index (κ2) is 10.3. The zero-order valence-electron chi connectivity index (χ0n) is 21.6. The number of pyridine rings is 1. The maximum Gasteiger partial charge on any atom is 0.276 e. The van der Waals surface area contributed by atoms with Gasteiger partial charge in [-0.05, 0) is 30.3 Å². The third kappa shape index (κ3) is 5.52. The van der Waals surface area contributed by atoms with Crippen molar-refractivity contribution in [2.45, 2.75) is 32.4 Å². The number of rotatable bonds is 9. The Morgan fingerprint density at radius 1 is 1.14 bits per heavy atom. The molecule has 0 atom stereocenters. The highest BCUT2D eigenvalue weighted by Crippen LogP contribution is 2.44. The van der Waals surface area contributed by atoms with E-state index in [4.69, 9.17) is 15.2 Å². The molecule has 0 aliphatic carbocycles. The fourth-order valence-corrected chi connectivity index (χ4v) is 4.70. The maximum atomic E-state index is 14.5. The van der Waals surface area contributed by atoms with Crippen LogP contribution in [0.15, 0.2) is 47.5 Å². The largest absolute Gasteiger partial charge is 0.451 e. The monoisotopic (exact) mass is 527 g/mol. The van der Waals surface area contributed by atoms with Crippen LogP contribution in [0.2, 0.25) is 25.7 Å². The van der Waals surface area contributed by atoms with Crippen LogP contribution in [-0.2, 0) is 18.5 Å². The standard InChI is InChI=1S/C26H31F2N5O3Si/c1-30-21-8-7-17(25(23(21)29)36-22-9-6-16(27)12-20(22)28)19-14-32(2)26(34)24-18(19)13-31-33(24)15-35-10-11-37(3,4)5/h6-9,12-14,30H,10-11,15,29H2,1-5H3. The molecule has 3 N–H and O–H groups in total.